The van der Waals surface area contributed by atoms with Crippen molar-refractivity contribution in [2.75, 3.05) is 34.8 Å². The molecule has 7 heteroatoms. The Bertz CT molecular complexity index is 751. The van der Waals surface area contributed by atoms with Crippen molar-refractivity contribution in [1.29, 1.82) is 0 Å². The number of rotatable bonds is 8. The van der Waals surface area contributed by atoms with Crippen LogP contribution >= 0.6 is 35.6 Å². The molecule has 0 aliphatic heterocycles. The largest absolute Gasteiger partial charge is 0.497 e. The summed E-state index contributed by atoms with van der Waals surface area (Å²) < 4.78 is 5.18. The van der Waals surface area contributed by atoms with Gasteiger partial charge in [-0.15, -0.1) is 24.0 Å². The van der Waals surface area contributed by atoms with Gasteiger partial charge in [0.2, 0.25) is 0 Å². The van der Waals surface area contributed by atoms with E-state index in [1.165, 1.54) is 11.1 Å². The van der Waals surface area contributed by atoms with Crippen molar-refractivity contribution in [3.8, 4) is 5.75 Å². The van der Waals surface area contributed by atoms with E-state index in [1.54, 1.807) is 14.2 Å². The molecule has 28 heavy (non-hydrogen) atoms. The molecule has 0 aliphatic rings. The van der Waals surface area contributed by atoms with E-state index in [4.69, 9.17) is 16.3 Å². The molecule has 0 saturated carbocycles. The standard InChI is InChI=1S/C21H29ClN4O.HI/c1-23-21(24-12-11-18-9-10-19(27-4)13-20(18)22)25-14-16-5-7-17(8-6-16)15-26(2)3;/h5-10,13H,11-12,14-15H2,1-4H3,(H2,23,24,25);1H. The zero-order valence-electron chi connectivity index (χ0n) is 17.0. The van der Waals surface area contributed by atoms with E-state index in [0.717, 1.165) is 48.4 Å². The third-order valence-corrected chi connectivity index (χ3v) is 4.50. The zero-order valence-corrected chi connectivity index (χ0v) is 20.0. The second-order valence-corrected chi connectivity index (χ2v) is 7.02. The monoisotopic (exact) mass is 516 g/mol. The lowest BCUT2D eigenvalue weighted by Crippen LogP contribution is -2.37. The molecule has 0 bridgehead atoms. The summed E-state index contributed by atoms with van der Waals surface area (Å²) in [6, 6.07) is 14.4. The molecule has 2 N–H and O–H groups in total. The van der Waals surface area contributed by atoms with Crippen LogP contribution in [0.4, 0.5) is 0 Å². The molecule has 0 aromatic heterocycles. The summed E-state index contributed by atoms with van der Waals surface area (Å²) in [6.45, 7) is 2.42. The van der Waals surface area contributed by atoms with Crippen LogP contribution in [-0.2, 0) is 19.5 Å². The molecular formula is C21H30ClIN4O. The van der Waals surface area contributed by atoms with Gasteiger partial charge in [0.1, 0.15) is 5.75 Å². The highest BCUT2D eigenvalue weighted by molar-refractivity contribution is 14.0. The Morgan fingerprint density at radius 2 is 1.75 bits per heavy atom. The summed E-state index contributed by atoms with van der Waals surface area (Å²) in [4.78, 5) is 6.44. The predicted molar refractivity (Wildman–Crippen MR) is 129 cm³/mol. The second kappa shape index (κ2) is 12.9. The van der Waals surface area contributed by atoms with Crippen molar-refractivity contribution >= 4 is 41.5 Å². The summed E-state index contributed by atoms with van der Waals surface area (Å²) in [5, 5.41) is 7.38. The highest BCUT2D eigenvalue weighted by Crippen LogP contribution is 2.22. The Kier molecular flexibility index (Phi) is 11.3. The molecule has 0 atom stereocenters. The first-order valence-corrected chi connectivity index (χ1v) is 9.39. The van der Waals surface area contributed by atoms with Gasteiger partial charge in [-0.2, -0.15) is 0 Å². The Morgan fingerprint density at radius 1 is 1.07 bits per heavy atom. The minimum absolute atomic E-state index is 0. The minimum Gasteiger partial charge on any atom is -0.497 e. The van der Waals surface area contributed by atoms with Gasteiger partial charge < -0.3 is 20.3 Å². The number of halogens is 2. The smallest absolute Gasteiger partial charge is 0.191 e. The van der Waals surface area contributed by atoms with Crippen molar-refractivity contribution in [3.63, 3.8) is 0 Å². The van der Waals surface area contributed by atoms with E-state index in [2.05, 4.69) is 58.9 Å². The number of ether oxygens (including phenoxy) is 1. The van der Waals surface area contributed by atoms with Crippen LogP contribution in [0.15, 0.2) is 47.5 Å². The van der Waals surface area contributed by atoms with Crippen LogP contribution in [0, 0.1) is 0 Å². The van der Waals surface area contributed by atoms with Crippen molar-refractivity contribution in [2.45, 2.75) is 19.5 Å². The SMILES string of the molecule is CN=C(NCCc1ccc(OC)cc1Cl)NCc1ccc(CN(C)C)cc1.I. The van der Waals surface area contributed by atoms with Crippen molar-refractivity contribution in [2.24, 2.45) is 4.99 Å². The summed E-state index contributed by atoms with van der Waals surface area (Å²) in [7, 11) is 7.56. The fraction of sp³-hybridized carbons (Fsp3) is 0.381. The molecule has 0 aliphatic carbocycles. The topological polar surface area (TPSA) is 48.9 Å². The molecule has 0 fully saturated rings. The number of hydrogen-bond donors (Lipinski definition) is 2. The summed E-state index contributed by atoms with van der Waals surface area (Å²) in [5.41, 5.74) is 3.61. The van der Waals surface area contributed by atoms with Gasteiger partial charge >= 0.3 is 0 Å². The number of guanidine groups is 1. The number of nitrogens with zero attached hydrogens (tertiary/aromatic N) is 2. The fourth-order valence-corrected chi connectivity index (χ4v) is 2.97. The van der Waals surface area contributed by atoms with Crippen LogP contribution < -0.4 is 15.4 Å². The van der Waals surface area contributed by atoms with Gasteiger partial charge in [-0.25, -0.2) is 0 Å². The molecule has 5 nitrogen and oxygen atoms in total. The van der Waals surface area contributed by atoms with Gasteiger partial charge in [0, 0.05) is 31.7 Å². The molecule has 0 saturated heterocycles. The molecule has 0 heterocycles. The van der Waals surface area contributed by atoms with E-state index < -0.39 is 0 Å². The van der Waals surface area contributed by atoms with Crippen LogP contribution in [0.3, 0.4) is 0 Å². The van der Waals surface area contributed by atoms with Crippen LogP contribution in [0.5, 0.6) is 5.75 Å². The van der Waals surface area contributed by atoms with Gasteiger partial charge in [-0.05, 0) is 49.3 Å². The van der Waals surface area contributed by atoms with Gasteiger partial charge in [0.25, 0.3) is 0 Å². The van der Waals surface area contributed by atoms with Crippen LogP contribution in [-0.4, -0.2) is 45.7 Å². The van der Waals surface area contributed by atoms with Crippen LogP contribution in [0.2, 0.25) is 5.02 Å². The molecule has 154 valence electrons. The summed E-state index contributed by atoms with van der Waals surface area (Å²) in [5.74, 6) is 1.54. The molecule has 2 aromatic rings. The summed E-state index contributed by atoms with van der Waals surface area (Å²) >= 11 is 6.29. The predicted octanol–water partition coefficient (Wildman–Crippen LogP) is 3.94. The van der Waals surface area contributed by atoms with Crippen molar-refractivity contribution < 1.29 is 4.74 Å². The molecular weight excluding hydrogens is 487 g/mol. The number of benzene rings is 2. The maximum absolute atomic E-state index is 6.29. The number of hydrogen-bond acceptors (Lipinski definition) is 3. The number of aliphatic imine (C=N–C) groups is 1. The lowest BCUT2D eigenvalue weighted by Gasteiger charge is -2.13. The van der Waals surface area contributed by atoms with Gasteiger partial charge in [0.05, 0.1) is 7.11 Å². The first kappa shape index (κ1) is 24.5. The first-order chi connectivity index (χ1) is 13.0. The van der Waals surface area contributed by atoms with E-state index in [0.29, 0.717) is 0 Å². The minimum atomic E-state index is 0. The fourth-order valence-electron chi connectivity index (χ4n) is 2.71. The number of nitrogens with one attached hydrogen (secondary N) is 2. The molecule has 2 aromatic carbocycles. The summed E-state index contributed by atoms with van der Waals surface area (Å²) in [6.07, 6.45) is 0.808. The Hall–Kier alpha value is -1.51. The third-order valence-electron chi connectivity index (χ3n) is 4.15. The molecule has 0 spiro atoms. The average molecular weight is 517 g/mol. The lowest BCUT2D eigenvalue weighted by molar-refractivity contribution is 0.402. The zero-order chi connectivity index (χ0) is 19.6. The van der Waals surface area contributed by atoms with Gasteiger partial charge in [0.15, 0.2) is 5.96 Å². The molecule has 0 unspecified atom stereocenters. The normalized spacial score (nSPS) is 11.1. The Morgan fingerprint density at radius 3 is 2.32 bits per heavy atom. The van der Waals surface area contributed by atoms with E-state index in [-0.39, 0.29) is 24.0 Å². The highest BCUT2D eigenvalue weighted by atomic mass is 127. The maximum atomic E-state index is 6.29. The van der Waals surface area contributed by atoms with Crippen LogP contribution in [0.1, 0.15) is 16.7 Å². The maximum Gasteiger partial charge on any atom is 0.191 e. The van der Waals surface area contributed by atoms with Gasteiger partial charge in [-0.1, -0.05) is 41.9 Å². The quantitative estimate of drug-likeness (QED) is 0.317. The average Bonchev–Trinajstić information content (AvgIpc) is 2.66. The third kappa shape index (κ3) is 8.24. The van der Waals surface area contributed by atoms with Crippen molar-refractivity contribution in [1.82, 2.24) is 15.5 Å². The van der Waals surface area contributed by atoms with E-state index >= 15 is 0 Å². The molecule has 2 rings (SSSR count). The van der Waals surface area contributed by atoms with E-state index in [1.807, 2.05) is 18.2 Å². The van der Waals surface area contributed by atoms with Crippen molar-refractivity contribution in [3.05, 3.63) is 64.2 Å². The Balaban J connectivity index is 0.00000392. The molecule has 0 amide bonds. The highest BCUT2D eigenvalue weighted by Gasteiger charge is 2.04. The van der Waals surface area contributed by atoms with E-state index in [9.17, 15) is 0 Å². The second-order valence-electron chi connectivity index (χ2n) is 6.61. The first-order valence-electron chi connectivity index (χ1n) is 9.01. The molecule has 0 radical (unpaired) electrons. The lowest BCUT2D eigenvalue weighted by atomic mass is 10.1. The van der Waals surface area contributed by atoms with Gasteiger partial charge in [-0.3, -0.25) is 4.99 Å². The number of methoxy groups -OCH3 is 1. The van der Waals surface area contributed by atoms with Crippen LogP contribution in [0.25, 0.3) is 0 Å². The Labute approximate surface area is 190 Å².